The van der Waals surface area contributed by atoms with Crippen molar-refractivity contribution in [2.75, 3.05) is 18.1 Å². The van der Waals surface area contributed by atoms with Gasteiger partial charge < -0.3 is 9.64 Å². The van der Waals surface area contributed by atoms with Crippen LogP contribution < -0.4 is 10.5 Å². The fourth-order valence-corrected chi connectivity index (χ4v) is 3.99. The number of nitriles is 1. The Morgan fingerprint density at radius 3 is 2.43 bits per heavy atom. The molecule has 0 bridgehead atoms. The lowest BCUT2D eigenvalue weighted by Gasteiger charge is -2.22. The van der Waals surface area contributed by atoms with E-state index in [4.69, 9.17) is 10.00 Å². The Morgan fingerprint density at radius 1 is 1.09 bits per heavy atom. The number of unbranched alkanes of at least 4 members (excludes halogenated alkanes) is 2. The van der Waals surface area contributed by atoms with Crippen LogP contribution in [-0.4, -0.2) is 34.8 Å². The lowest BCUT2D eigenvalue weighted by atomic mass is 10.1. The molecule has 0 atom stereocenters. The second kappa shape index (κ2) is 11.9. The van der Waals surface area contributed by atoms with Crippen molar-refractivity contribution in [3.63, 3.8) is 0 Å². The molecular formula is C27H30N4O4. The van der Waals surface area contributed by atoms with Gasteiger partial charge in [0.05, 0.1) is 17.9 Å². The van der Waals surface area contributed by atoms with Gasteiger partial charge in [-0.15, -0.1) is 0 Å². The first-order chi connectivity index (χ1) is 16.8. The van der Waals surface area contributed by atoms with E-state index in [0.717, 1.165) is 30.4 Å². The van der Waals surface area contributed by atoms with E-state index in [9.17, 15) is 14.4 Å². The number of nitrogens with zero attached hydrogens (tertiary/aromatic N) is 4. The summed E-state index contributed by atoms with van der Waals surface area (Å²) in [4.78, 5) is 40.3. The number of fused-ring (bicyclic) bond motifs is 1. The van der Waals surface area contributed by atoms with Gasteiger partial charge in [0.1, 0.15) is 0 Å². The molecule has 0 saturated heterocycles. The first-order valence-corrected chi connectivity index (χ1v) is 11.8. The van der Waals surface area contributed by atoms with Crippen molar-refractivity contribution in [2.45, 2.75) is 53.0 Å². The number of hydrogen-bond donors (Lipinski definition) is 0. The van der Waals surface area contributed by atoms with Gasteiger partial charge in [-0.05, 0) is 49.6 Å². The van der Waals surface area contributed by atoms with Crippen molar-refractivity contribution >= 4 is 28.3 Å². The number of aryl methyl sites for hydroxylation is 3. The summed E-state index contributed by atoms with van der Waals surface area (Å²) in [5.74, 6) is -1.22. The van der Waals surface area contributed by atoms with Crippen molar-refractivity contribution in [1.29, 1.82) is 5.26 Å². The molecule has 3 aromatic rings. The van der Waals surface area contributed by atoms with Gasteiger partial charge in [-0.25, -0.2) is 9.48 Å². The first kappa shape index (κ1) is 25.6. The molecule has 1 heterocycles. The average Bonchev–Trinajstić information content (AvgIpc) is 2.84. The molecule has 0 aliphatic heterocycles. The number of anilines is 1. The van der Waals surface area contributed by atoms with Crippen molar-refractivity contribution in [2.24, 2.45) is 0 Å². The van der Waals surface area contributed by atoms with Gasteiger partial charge in [-0.3, -0.25) is 9.59 Å². The normalized spacial score (nSPS) is 10.7. The van der Waals surface area contributed by atoms with Gasteiger partial charge >= 0.3 is 5.97 Å². The number of benzene rings is 2. The van der Waals surface area contributed by atoms with E-state index in [1.165, 1.54) is 9.58 Å². The van der Waals surface area contributed by atoms with Crippen LogP contribution in [0.15, 0.2) is 47.3 Å². The number of esters is 1. The Hall–Kier alpha value is -3.99. The lowest BCUT2D eigenvalue weighted by Crippen LogP contribution is -2.36. The van der Waals surface area contributed by atoms with Crippen LogP contribution in [0.5, 0.6) is 0 Å². The van der Waals surface area contributed by atoms with Crippen LogP contribution in [0.2, 0.25) is 0 Å². The number of carbonyl (C=O) groups excluding carboxylic acids is 2. The average molecular weight is 475 g/mol. The van der Waals surface area contributed by atoms with Crippen LogP contribution in [0.3, 0.4) is 0 Å². The Kier molecular flexibility index (Phi) is 8.74. The monoisotopic (exact) mass is 474 g/mol. The van der Waals surface area contributed by atoms with Crippen LogP contribution >= 0.6 is 0 Å². The van der Waals surface area contributed by atoms with E-state index in [0.29, 0.717) is 23.0 Å². The summed E-state index contributed by atoms with van der Waals surface area (Å²) in [5.41, 5.74) is 2.34. The van der Waals surface area contributed by atoms with Gasteiger partial charge in [0.2, 0.25) is 0 Å². The minimum Gasteiger partial charge on any atom is -0.451 e. The van der Waals surface area contributed by atoms with E-state index in [2.05, 4.69) is 18.1 Å². The van der Waals surface area contributed by atoms with Gasteiger partial charge in [-0.1, -0.05) is 44.0 Å². The van der Waals surface area contributed by atoms with E-state index in [1.54, 1.807) is 24.3 Å². The minimum absolute atomic E-state index is 0.000488. The zero-order valence-corrected chi connectivity index (χ0v) is 20.4. The minimum atomic E-state index is -0.778. The number of amides is 1. The van der Waals surface area contributed by atoms with Crippen molar-refractivity contribution < 1.29 is 14.3 Å². The largest absolute Gasteiger partial charge is 0.451 e. The molecule has 35 heavy (non-hydrogen) atoms. The number of carbonyl (C=O) groups is 2. The van der Waals surface area contributed by atoms with Crippen molar-refractivity contribution in [3.05, 3.63) is 69.6 Å². The second-order valence-electron chi connectivity index (χ2n) is 8.51. The van der Waals surface area contributed by atoms with E-state index in [-0.39, 0.29) is 24.2 Å². The van der Waals surface area contributed by atoms with Gasteiger partial charge in [0, 0.05) is 24.2 Å². The van der Waals surface area contributed by atoms with Crippen LogP contribution in [0.4, 0.5) is 5.69 Å². The molecule has 0 aliphatic rings. The molecule has 0 aliphatic carbocycles. The predicted molar refractivity (Wildman–Crippen MR) is 134 cm³/mol. The third kappa shape index (κ3) is 6.33. The van der Waals surface area contributed by atoms with E-state index < -0.39 is 18.5 Å². The van der Waals surface area contributed by atoms with E-state index in [1.807, 2.05) is 32.0 Å². The zero-order valence-electron chi connectivity index (χ0n) is 20.4. The number of aromatic nitrogens is 2. The van der Waals surface area contributed by atoms with Crippen LogP contribution in [0.1, 0.15) is 54.2 Å². The molecule has 8 nitrogen and oxygen atoms in total. The van der Waals surface area contributed by atoms with Crippen LogP contribution in [0, 0.1) is 25.2 Å². The maximum Gasteiger partial charge on any atom is 0.359 e. The molecule has 2 aromatic carbocycles. The summed E-state index contributed by atoms with van der Waals surface area (Å²) >= 11 is 0. The first-order valence-electron chi connectivity index (χ1n) is 11.8. The molecule has 1 amide bonds. The number of hydrogen-bond acceptors (Lipinski definition) is 6. The summed E-state index contributed by atoms with van der Waals surface area (Å²) in [6.45, 7) is 5.98. The number of ether oxygens (including phenoxy) is 1. The third-order valence-corrected chi connectivity index (χ3v) is 5.63. The molecule has 0 N–H and O–H groups in total. The highest BCUT2D eigenvalue weighted by Crippen LogP contribution is 2.20. The molecule has 0 unspecified atom stereocenters. The highest BCUT2D eigenvalue weighted by molar-refractivity contribution is 6.03. The van der Waals surface area contributed by atoms with Crippen LogP contribution in [0.25, 0.3) is 10.8 Å². The fourth-order valence-electron chi connectivity index (χ4n) is 3.99. The fraction of sp³-hybridized carbons (Fsp3) is 0.370. The molecule has 182 valence electrons. The molecule has 0 fully saturated rings. The highest BCUT2D eigenvalue weighted by Gasteiger charge is 2.22. The van der Waals surface area contributed by atoms with Gasteiger partial charge in [0.25, 0.3) is 11.5 Å². The Morgan fingerprint density at radius 2 is 1.77 bits per heavy atom. The molecule has 8 heteroatoms. The summed E-state index contributed by atoms with van der Waals surface area (Å²) in [5, 5.41) is 14.1. The lowest BCUT2D eigenvalue weighted by molar-refractivity contribution is -0.121. The summed E-state index contributed by atoms with van der Waals surface area (Å²) in [7, 11) is 0. The molecule has 0 saturated carbocycles. The predicted octanol–water partition coefficient (Wildman–Crippen LogP) is 4.31. The van der Waals surface area contributed by atoms with Crippen molar-refractivity contribution in [3.8, 4) is 6.07 Å². The topological polar surface area (TPSA) is 105 Å². The molecule has 0 spiro atoms. The maximum absolute atomic E-state index is 13.0. The zero-order chi connectivity index (χ0) is 25.4. The van der Waals surface area contributed by atoms with Gasteiger partial charge in [0.15, 0.2) is 12.3 Å². The summed E-state index contributed by atoms with van der Waals surface area (Å²) in [6, 6.07) is 14.5. The molecule has 0 radical (unpaired) electrons. The summed E-state index contributed by atoms with van der Waals surface area (Å²) < 4.78 is 6.67. The molecule has 1 aromatic heterocycles. The Labute approximate surface area is 204 Å². The Bertz CT molecular complexity index is 1300. The molecule has 3 rings (SSSR count). The van der Waals surface area contributed by atoms with Crippen molar-refractivity contribution in [1.82, 2.24) is 9.78 Å². The summed E-state index contributed by atoms with van der Waals surface area (Å²) in [6.07, 6.45) is 2.83. The van der Waals surface area contributed by atoms with Crippen LogP contribution in [-0.2, 0) is 16.1 Å². The maximum atomic E-state index is 13.0. The smallest absolute Gasteiger partial charge is 0.359 e. The number of rotatable bonds is 10. The third-order valence-electron chi connectivity index (χ3n) is 5.63. The molecular weight excluding hydrogens is 444 g/mol. The quantitative estimate of drug-likeness (QED) is 0.320. The standard InChI is InChI=1S/C27H30N4O4/c1-4-5-8-14-31-26(33)23-11-7-6-10-22(23)25(29-31)27(34)35-18-24(32)30(13-9-12-28)21-16-19(2)15-20(3)17-21/h6-7,10-11,15-17H,4-5,8-9,13-14,18H2,1-3H3. The SMILES string of the molecule is CCCCCn1nc(C(=O)OCC(=O)N(CCC#N)c2cc(C)cc(C)c2)c2ccccc2c1=O. The van der Waals surface area contributed by atoms with Gasteiger partial charge in [-0.2, -0.15) is 10.4 Å². The Balaban J connectivity index is 1.85. The van der Waals surface area contributed by atoms with E-state index >= 15 is 0 Å². The highest BCUT2D eigenvalue weighted by atomic mass is 16.5. The second-order valence-corrected chi connectivity index (χ2v) is 8.51.